The second-order valence-corrected chi connectivity index (χ2v) is 10.5. The predicted octanol–water partition coefficient (Wildman–Crippen LogP) is 2.57. The molecule has 0 radical (unpaired) electrons. The largest absolute Gasteiger partial charge is 0.391 e. The zero-order valence-electron chi connectivity index (χ0n) is 14.5. The normalized spacial score (nSPS) is 26.2. The summed E-state index contributed by atoms with van der Waals surface area (Å²) in [5.74, 6) is 1.15. The van der Waals surface area contributed by atoms with Crippen LogP contribution in [0.15, 0.2) is 35.5 Å². The van der Waals surface area contributed by atoms with E-state index in [0.717, 1.165) is 24.4 Å². The Morgan fingerprint density at radius 3 is 2.46 bits per heavy atom. The molecule has 4 rings (SSSR count). The first kappa shape index (κ1) is 18.0. The van der Waals surface area contributed by atoms with Crippen molar-refractivity contribution in [2.75, 3.05) is 11.5 Å². The average molecular weight is 394 g/mol. The molecule has 1 aliphatic carbocycles. The molecule has 140 valence electrons. The number of benzene rings is 1. The van der Waals surface area contributed by atoms with Crippen molar-refractivity contribution in [3.63, 3.8) is 0 Å². The minimum Gasteiger partial charge on any atom is -0.391 e. The monoisotopic (exact) mass is 393 g/mol. The van der Waals surface area contributed by atoms with Crippen molar-refractivity contribution in [2.45, 2.75) is 54.5 Å². The van der Waals surface area contributed by atoms with E-state index in [0.29, 0.717) is 11.1 Å². The highest BCUT2D eigenvalue weighted by atomic mass is 32.2. The van der Waals surface area contributed by atoms with Gasteiger partial charge in [-0.3, -0.25) is 0 Å². The Labute approximate surface area is 157 Å². The van der Waals surface area contributed by atoms with Crippen LogP contribution < -0.4 is 0 Å². The smallest absolute Gasteiger partial charge is 0.209 e. The van der Waals surface area contributed by atoms with Gasteiger partial charge in [0, 0.05) is 5.92 Å². The molecule has 1 aromatic carbocycles. The first-order valence-corrected chi connectivity index (χ1v) is 11.8. The molecule has 2 heterocycles. The van der Waals surface area contributed by atoms with Gasteiger partial charge in [0.1, 0.15) is 5.82 Å². The fourth-order valence-electron chi connectivity index (χ4n) is 3.78. The molecular weight excluding hydrogens is 370 g/mol. The van der Waals surface area contributed by atoms with Crippen LogP contribution in [0.3, 0.4) is 0 Å². The van der Waals surface area contributed by atoms with Crippen LogP contribution in [0.4, 0.5) is 0 Å². The van der Waals surface area contributed by atoms with E-state index in [1.807, 2.05) is 35.0 Å². The van der Waals surface area contributed by atoms with E-state index >= 15 is 0 Å². The third-order valence-corrected chi connectivity index (χ3v) is 8.21. The number of thioether (sulfide) groups is 1. The van der Waals surface area contributed by atoms with Crippen LogP contribution >= 0.6 is 11.8 Å². The van der Waals surface area contributed by atoms with Gasteiger partial charge in [-0.05, 0) is 25.0 Å². The molecule has 2 fully saturated rings. The number of aromatic nitrogens is 3. The lowest BCUT2D eigenvalue weighted by Gasteiger charge is -2.21. The molecule has 1 N–H and O–H groups in total. The van der Waals surface area contributed by atoms with Gasteiger partial charge >= 0.3 is 0 Å². The molecule has 0 unspecified atom stereocenters. The maximum atomic E-state index is 11.8. The predicted molar refractivity (Wildman–Crippen MR) is 101 cm³/mol. The highest BCUT2D eigenvalue weighted by Crippen LogP contribution is 2.35. The van der Waals surface area contributed by atoms with E-state index in [1.54, 1.807) is 0 Å². The molecule has 2 atom stereocenters. The van der Waals surface area contributed by atoms with Crippen molar-refractivity contribution in [1.82, 2.24) is 14.8 Å². The Balaban J connectivity index is 1.65. The standard InChI is InChI=1S/C18H23N3O3S2/c22-15-11-26(23,24)12-16(15)25-18-19-17(13-7-3-1-4-8-13)21(20-18)14-9-5-2-6-10-14/h2,5-6,9-10,13,15-16,22H,1,3-4,7-8,11-12H2/t15-,16-/m0/s1. The van der Waals surface area contributed by atoms with Gasteiger partial charge in [-0.25, -0.2) is 18.1 Å². The van der Waals surface area contributed by atoms with Crippen LogP contribution in [0, 0.1) is 0 Å². The van der Waals surface area contributed by atoms with Crippen LogP contribution in [0.5, 0.6) is 0 Å². The molecule has 2 aliphatic rings. The van der Waals surface area contributed by atoms with Crippen LogP contribution in [0.1, 0.15) is 43.8 Å². The van der Waals surface area contributed by atoms with Crippen molar-refractivity contribution in [3.05, 3.63) is 36.2 Å². The van der Waals surface area contributed by atoms with Gasteiger partial charge in [-0.2, -0.15) is 0 Å². The fourth-order valence-corrected chi connectivity index (χ4v) is 7.21. The van der Waals surface area contributed by atoms with Crippen LogP contribution in [0.25, 0.3) is 5.69 Å². The molecular formula is C18H23N3O3S2. The second-order valence-electron chi connectivity index (χ2n) is 7.14. The van der Waals surface area contributed by atoms with Gasteiger partial charge in [0.25, 0.3) is 0 Å². The Bertz CT molecular complexity index is 861. The van der Waals surface area contributed by atoms with E-state index in [2.05, 4.69) is 5.10 Å². The summed E-state index contributed by atoms with van der Waals surface area (Å²) in [6, 6.07) is 9.92. The SMILES string of the molecule is O=S1(=O)C[C@H](Sc2nc(C3CCCCC3)n(-c3ccccc3)n2)[C@@H](O)C1. The highest BCUT2D eigenvalue weighted by Gasteiger charge is 2.38. The summed E-state index contributed by atoms with van der Waals surface area (Å²) in [7, 11) is -3.17. The van der Waals surface area contributed by atoms with Gasteiger partial charge in [-0.1, -0.05) is 49.2 Å². The lowest BCUT2D eigenvalue weighted by Crippen LogP contribution is -2.20. The molecule has 1 aliphatic heterocycles. The second kappa shape index (κ2) is 7.32. The van der Waals surface area contributed by atoms with Crippen LogP contribution in [-0.4, -0.2) is 51.1 Å². The van der Waals surface area contributed by atoms with Crippen molar-refractivity contribution in [1.29, 1.82) is 0 Å². The average Bonchev–Trinajstić information content (AvgIpc) is 3.17. The van der Waals surface area contributed by atoms with Crippen LogP contribution in [-0.2, 0) is 9.84 Å². The van der Waals surface area contributed by atoms with Gasteiger partial charge in [-0.15, -0.1) is 5.10 Å². The molecule has 26 heavy (non-hydrogen) atoms. The number of nitrogens with zero attached hydrogens (tertiary/aromatic N) is 3. The number of para-hydroxylation sites is 1. The van der Waals surface area contributed by atoms with Crippen molar-refractivity contribution in [3.8, 4) is 5.69 Å². The first-order valence-electron chi connectivity index (χ1n) is 9.09. The Hall–Kier alpha value is -1.38. The summed E-state index contributed by atoms with van der Waals surface area (Å²) in [6.45, 7) is 0. The van der Waals surface area contributed by atoms with Crippen LogP contribution in [0.2, 0.25) is 0 Å². The van der Waals surface area contributed by atoms with Crippen molar-refractivity contribution < 1.29 is 13.5 Å². The highest BCUT2D eigenvalue weighted by molar-refractivity contribution is 8.01. The third-order valence-electron chi connectivity index (χ3n) is 5.11. The summed E-state index contributed by atoms with van der Waals surface area (Å²) in [5, 5.41) is 14.9. The van der Waals surface area contributed by atoms with Crippen molar-refractivity contribution >= 4 is 21.6 Å². The zero-order chi connectivity index (χ0) is 18.1. The minimum absolute atomic E-state index is 0.0164. The number of rotatable bonds is 4. The summed E-state index contributed by atoms with van der Waals surface area (Å²) in [6.07, 6.45) is 5.03. The van der Waals surface area contributed by atoms with Gasteiger partial charge in [0.2, 0.25) is 5.16 Å². The Morgan fingerprint density at radius 1 is 1.08 bits per heavy atom. The van der Waals surface area contributed by atoms with Gasteiger partial charge in [0.15, 0.2) is 9.84 Å². The topological polar surface area (TPSA) is 85.1 Å². The molecule has 1 saturated heterocycles. The fraction of sp³-hybridized carbons (Fsp3) is 0.556. The third kappa shape index (κ3) is 3.82. The van der Waals surface area contributed by atoms with E-state index < -0.39 is 21.2 Å². The molecule has 0 bridgehead atoms. The van der Waals surface area contributed by atoms with E-state index in [-0.39, 0.29) is 11.5 Å². The maximum Gasteiger partial charge on any atom is 0.209 e. The summed E-state index contributed by atoms with van der Waals surface area (Å²) in [5.41, 5.74) is 0.965. The number of hydrogen-bond donors (Lipinski definition) is 1. The van der Waals surface area contributed by atoms with Crippen molar-refractivity contribution in [2.24, 2.45) is 0 Å². The molecule has 0 spiro atoms. The number of sulfone groups is 1. The number of aliphatic hydroxyl groups excluding tert-OH is 1. The maximum absolute atomic E-state index is 11.8. The molecule has 8 heteroatoms. The molecule has 2 aromatic rings. The Kier molecular flexibility index (Phi) is 5.07. The van der Waals surface area contributed by atoms with E-state index in [9.17, 15) is 13.5 Å². The van der Waals surface area contributed by atoms with Gasteiger partial charge in [0.05, 0.1) is 28.5 Å². The molecule has 6 nitrogen and oxygen atoms in total. The number of aliphatic hydroxyl groups is 1. The quantitative estimate of drug-likeness (QED) is 0.859. The molecule has 0 amide bonds. The van der Waals surface area contributed by atoms with E-state index in [1.165, 1.54) is 31.0 Å². The lowest BCUT2D eigenvalue weighted by atomic mass is 9.88. The number of hydrogen-bond acceptors (Lipinski definition) is 6. The molecule has 1 aromatic heterocycles. The first-order chi connectivity index (χ1) is 12.5. The summed E-state index contributed by atoms with van der Waals surface area (Å²) in [4.78, 5) is 4.76. The van der Waals surface area contributed by atoms with E-state index in [4.69, 9.17) is 4.98 Å². The lowest BCUT2D eigenvalue weighted by molar-refractivity contribution is 0.207. The zero-order valence-corrected chi connectivity index (χ0v) is 16.1. The minimum atomic E-state index is -3.17. The Morgan fingerprint density at radius 2 is 1.81 bits per heavy atom. The summed E-state index contributed by atoms with van der Waals surface area (Å²) < 4.78 is 25.4. The van der Waals surface area contributed by atoms with Gasteiger partial charge < -0.3 is 5.11 Å². The summed E-state index contributed by atoms with van der Waals surface area (Å²) >= 11 is 1.28. The molecule has 1 saturated carbocycles.